The van der Waals surface area contributed by atoms with Gasteiger partial charge in [-0.3, -0.25) is 4.79 Å². The molecule has 4 heteroatoms. The average Bonchev–Trinajstić information content (AvgIpc) is 3.22. The van der Waals surface area contributed by atoms with E-state index < -0.39 is 6.04 Å². The van der Waals surface area contributed by atoms with Crippen molar-refractivity contribution in [1.82, 2.24) is 5.32 Å². The van der Waals surface area contributed by atoms with Crippen LogP contribution in [0.4, 0.5) is 0 Å². The maximum Gasteiger partial charge on any atom is 0.262 e. The van der Waals surface area contributed by atoms with Gasteiger partial charge in [0.2, 0.25) is 0 Å². The lowest BCUT2D eigenvalue weighted by molar-refractivity contribution is 0.0947. The summed E-state index contributed by atoms with van der Waals surface area (Å²) in [5.41, 5.74) is 1.63. The molecule has 0 bridgehead atoms. The van der Waals surface area contributed by atoms with E-state index in [-0.39, 0.29) is 11.7 Å². The minimum atomic E-state index is -0.447. The van der Waals surface area contributed by atoms with Gasteiger partial charge in [-0.2, -0.15) is 0 Å². The molecule has 128 valence electrons. The van der Waals surface area contributed by atoms with Gasteiger partial charge in [0.15, 0.2) is 0 Å². The Balaban J connectivity index is 1.86. The van der Waals surface area contributed by atoms with Crippen molar-refractivity contribution < 1.29 is 9.90 Å². The number of thiophene rings is 1. The Labute approximate surface area is 155 Å². The highest BCUT2D eigenvalue weighted by Crippen LogP contribution is 2.36. The second kappa shape index (κ2) is 7.02. The van der Waals surface area contributed by atoms with Gasteiger partial charge >= 0.3 is 0 Å². The highest BCUT2D eigenvalue weighted by molar-refractivity contribution is 7.12. The van der Waals surface area contributed by atoms with Crippen LogP contribution in [0.1, 0.15) is 26.8 Å². The van der Waals surface area contributed by atoms with Crippen LogP contribution in [-0.2, 0) is 0 Å². The summed E-state index contributed by atoms with van der Waals surface area (Å²) >= 11 is 1.40. The number of rotatable bonds is 4. The largest absolute Gasteiger partial charge is 0.508 e. The number of hydrogen-bond acceptors (Lipinski definition) is 3. The van der Waals surface area contributed by atoms with E-state index in [1.165, 1.54) is 11.3 Å². The Morgan fingerprint density at radius 2 is 1.65 bits per heavy atom. The summed E-state index contributed by atoms with van der Waals surface area (Å²) in [6, 6.07) is 24.4. The average molecular weight is 359 g/mol. The molecule has 4 rings (SSSR count). The zero-order valence-electron chi connectivity index (χ0n) is 13.9. The summed E-state index contributed by atoms with van der Waals surface area (Å²) in [6.45, 7) is 0. The van der Waals surface area contributed by atoms with Gasteiger partial charge in [-0.25, -0.2) is 0 Å². The predicted octanol–water partition coefficient (Wildman–Crippen LogP) is 5.13. The molecule has 1 amide bonds. The minimum absolute atomic E-state index is 0.152. The van der Waals surface area contributed by atoms with E-state index in [0.29, 0.717) is 10.4 Å². The van der Waals surface area contributed by atoms with Crippen molar-refractivity contribution in [3.63, 3.8) is 0 Å². The third-order valence-electron chi connectivity index (χ3n) is 4.39. The first-order valence-corrected chi connectivity index (χ1v) is 9.22. The molecule has 26 heavy (non-hydrogen) atoms. The van der Waals surface area contributed by atoms with Crippen LogP contribution >= 0.6 is 11.3 Å². The molecule has 0 aliphatic heterocycles. The molecule has 0 aliphatic rings. The van der Waals surface area contributed by atoms with Gasteiger partial charge in [-0.15, -0.1) is 11.3 Å². The van der Waals surface area contributed by atoms with E-state index in [1.807, 2.05) is 72.1 Å². The summed E-state index contributed by atoms with van der Waals surface area (Å²) in [5.74, 6) is 0.0187. The van der Waals surface area contributed by atoms with Gasteiger partial charge in [0.1, 0.15) is 5.75 Å². The Kier molecular flexibility index (Phi) is 4.42. The number of phenolic OH excluding ortho intramolecular Hbond substituents is 1. The molecule has 0 radical (unpaired) electrons. The maximum atomic E-state index is 12.7. The molecular weight excluding hydrogens is 342 g/mol. The molecule has 1 aromatic heterocycles. The fraction of sp³-hybridized carbons (Fsp3) is 0.0455. The molecule has 0 fully saturated rings. The van der Waals surface area contributed by atoms with Crippen molar-refractivity contribution in [2.75, 3.05) is 0 Å². The molecule has 4 aromatic rings. The fourth-order valence-corrected chi connectivity index (χ4v) is 3.79. The number of phenols is 1. The third-order valence-corrected chi connectivity index (χ3v) is 5.26. The molecular formula is C22H17NO2S. The van der Waals surface area contributed by atoms with Crippen molar-refractivity contribution in [3.8, 4) is 5.75 Å². The van der Waals surface area contributed by atoms with Gasteiger partial charge in [-0.05, 0) is 33.8 Å². The van der Waals surface area contributed by atoms with Crippen LogP contribution in [0.2, 0.25) is 0 Å². The fourth-order valence-electron chi connectivity index (χ4n) is 3.17. The van der Waals surface area contributed by atoms with Gasteiger partial charge < -0.3 is 10.4 Å². The number of benzene rings is 3. The minimum Gasteiger partial charge on any atom is -0.508 e. The Morgan fingerprint density at radius 3 is 2.42 bits per heavy atom. The molecule has 3 aromatic carbocycles. The lowest BCUT2D eigenvalue weighted by atomic mass is 9.92. The Hall–Kier alpha value is -3.11. The first kappa shape index (κ1) is 16.4. The first-order valence-electron chi connectivity index (χ1n) is 8.34. The van der Waals surface area contributed by atoms with Crippen LogP contribution < -0.4 is 5.32 Å². The van der Waals surface area contributed by atoms with Crippen LogP contribution in [0.5, 0.6) is 5.75 Å². The van der Waals surface area contributed by atoms with Crippen LogP contribution in [0.3, 0.4) is 0 Å². The zero-order chi connectivity index (χ0) is 17.9. The smallest absolute Gasteiger partial charge is 0.262 e. The van der Waals surface area contributed by atoms with Crippen LogP contribution in [0.15, 0.2) is 84.2 Å². The van der Waals surface area contributed by atoms with Gasteiger partial charge in [0.25, 0.3) is 5.91 Å². The highest BCUT2D eigenvalue weighted by atomic mass is 32.1. The molecule has 1 heterocycles. The monoisotopic (exact) mass is 359 g/mol. The first-order chi connectivity index (χ1) is 12.7. The highest BCUT2D eigenvalue weighted by Gasteiger charge is 2.23. The van der Waals surface area contributed by atoms with E-state index in [2.05, 4.69) is 5.32 Å². The molecule has 3 nitrogen and oxygen atoms in total. The SMILES string of the molecule is O=C(NC(c1ccccc1)c1c(O)ccc2ccccc12)c1cccs1. The van der Waals surface area contributed by atoms with E-state index in [9.17, 15) is 9.90 Å². The van der Waals surface area contributed by atoms with Crippen molar-refractivity contribution >= 4 is 28.0 Å². The van der Waals surface area contributed by atoms with E-state index in [1.54, 1.807) is 12.1 Å². The second-order valence-electron chi connectivity index (χ2n) is 6.01. The lowest BCUT2D eigenvalue weighted by Gasteiger charge is -2.22. The van der Waals surface area contributed by atoms with Gasteiger partial charge in [-0.1, -0.05) is 66.7 Å². The second-order valence-corrected chi connectivity index (χ2v) is 6.96. The third kappa shape index (κ3) is 3.07. The number of aromatic hydroxyl groups is 1. The van der Waals surface area contributed by atoms with Crippen molar-refractivity contribution in [2.24, 2.45) is 0 Å². The maximum absolute atomic E-state index is 12.7. The Bertz CT molecular complexity index is 1040. The zero-order valence-corrected chi connectivity index (χ0v) is 14.7. The van der Waals surface area contributed by atoms with Crippen molar-refractivity contribution in [3.05, 3.63) is 100 Å². The van der Waals surface area contributed by atoms with E-state index in [0.717, 1.165) is 16.3 Å². The normalized spacial score (nSPS) is 12.0. The van der Waals surface area contributed by atoms with Crippen LogP contribution in [0, 0.1) is 0 Å². The van der Waals surface area contributed by atoms with E-state index in [4.69, 9.17) is 0 Å². The number of amides is 1. The Morgan fingerprint density at radius 1 is 0.885 bits per heavy atom. The number of hydrogen-bond donors (Lipinski definition) is 2. The quantitative estimate of drug-likeness (QED) is 0.531. The number of fused-ring (bicyclic) bond motifs is 1. The van der Waals surface area contributed by atoms with Crippen LogP contribution in [-0.4, -0.2) is 11.0 Å². The molecule has 1 unspecified atom stereocenters. The standard InChI is InChI=1S/C22H17NO2S/c24-18-13-12-15-7-4-5-10-17(15)20(18)21(16-8-2-1-3-9-16)23-22(25)19-11-6-14-26-19/h1-14,21,24H,(H,23,25). The summed E-state index contributed by atoms with van der Waals surface area (Å²) < 4.78 is 0. The summed E-state index contributed by atoms with van der Waals surface area (Å²) in [5, 5.41) is 17.6. The molecule has 1 atom stereocenters. The lowest BCUT2D eigenvalue weighted by Crippen LogP contribution is -2.29. The van der Waals surface area contributed by atoms with Crippen molar-refractivity contribution in [1.29, 1.82) is 0 Å². The molecule has 0 aliphatic carbocycles. The molecule has 0 saturated carbocycles. The molecule has 0 spiro atoms. The summed E-state index contributed by atoms with van der Waals surface area (Å²) in [4.78, 5) is 13.4. The van der Waals surface area contributed by atoms with E-state index >= 15 is 0 Å². The molecule has 0 saturated heterocycles. The topological polar surface area (TPSA) is 49.3 Å². The molecule has 2 N–H and O–H groups in total. The van der Waals surface area contributed by atoms with Gasteiger partial charge in [0.05, 0.1) is 10.9 Å². The number of carbonyl (C=O) groups excluding carboxylic acids is 1. The number of nitrogens with one attached hydrogen (secondary N) is 1. The van der Waals surface area contributed by atoms with Gasteiger partial charge in [0, 0.05) is 5.56 Å². The van der Waals surface area contributed by atoms with Crippen molar-refractivity contribution in [2.45, 2.75) is 6.04 Å². The van der Waals surface area contributed by atoms with Crippen LogP contribution in [0.25, 0.3) is 10.8 Å². The summed E-state index contributed by atoms with van der Waals surface area (Å²) in [7, 11) is 0. The summed E-state index contributed by atoms with van der Waals surface area (Å²) in [6.07, 6.45) is 0. The number of carbonyl (C=O) groups is 1. The predicted molar refractivity (Wildman–Crippen MR) is 106 cm³/mol.